The highest BCUT2D eigenvalue weighted by Gasteiger charge is 2.31. The summed E-state index contributed by atoms with van der Waals surface area (Å²) >= 11 is 9.30. The van der Waals surface area contributed by atoms with Gasteiger partial charge in [-0.2, -0.15) is 0 Å². The van der Waals surface area contributed by atoms with E-state index in [1.807, 2.05) is 0 Å². The third-order valence-corrected chi connectivity index (χ3v) is 3.72. The zero-order valence-electron chi connectivity index (χ0n) is 10.5. The molecule has 0 unspecified atom stereocenters. The van der Waals surface area contributed by atoms with Crippen LogP contribution in [-0.4, -0.2) is 6.36 Å². The maximum Gasteiger partial charge on any atom is 0.573 e. The molecule has 1 atom stereocenters. The third kappa shape index (κ3) is 4.36. The van der Waals surface area contributed by atoms with Crippen LogP contribution in [0.1, 0.15) is 17.2 Å². The molecule has 2 aromatic carbocycles. The number of alkyl halides is 3. The second-order valence-corrected chi connectivity index (χ2v) is 5.55. The maximum atomic E-state index is 12.1. The smallest absolute Gasteiger partial charge is 0.406 e. The molecule has 0 saturated heterocycles. The van der Waals surface area contributed by atoms with Crippen LogP contribution < -0.4 is 10.5 Å². The molecule has 2 aromatic rings. The van der Waals surface area contributed by atoms with Crippen LogP contribution in [0.25, 0.3) is 0 Å². The first-order chi connectivity index (χ1) is 9.76. The minimum absolute atomic E-state index is 0.288. The van der Waals surface area contributed by atoms with Crippen LogP contribution in [0.3, 0.4) is 0 Å². The molecule has 0 fully saturated rings. The Labute approximate surface area is 132 Å². The molecule has 0 heterocycles. The van der Waals surface area contributed by atoms with Gasteiger partial charge in [-0.1, -0.05) is 39.7 Å². The largest absolute Gasteiger partial charge is 0.573 e. The van der Waals surface area contributed by atoms with Gasteiger partial charge in [0.2, 0.25) is 0 Å². The van der Waals surface area contributed by atoms with E-state index >= 15 is 0 Å². The lowest BCUT2D eigenvalue weighted by Crippen LogP contribution is -2.17. The van der Waals surface area contributed by atoms with Crippen LogP contribution >= 0.6 is 27.5 Å². The van der Waals surface area contributed by atoms with Crippen molar-refractivity contribution in [2.75, 3.05) is 0 Å². The second kappa shape index (κ2) is 6.25. The molecular weight excluding hydrogens is 371 g/mol. The van der Waals surface area contributed by atoms with E-state index in [0.29, 0.717) is 10.6 Å². The Balaban J connectivity index is 2.24. The fraction of sp³-hybridized carbons (Fsp3) is 0.143. The van der Waals surface area contributed by atoms with E-state index in [4.69, 9.17) is 17.3 Å². The van der Waals surface area contributed by atoms with E-state index in [9.17, 15) is 13.2 Å². The molecule has 0 aliphatic rings. The van der Waals surface area contributed by atoms with Crippen molar-refractivity contribution in [2.45, 2.75) is 12.4 Å². The van der Waals surface area contributed by atoms with Crippen molar-refractivity contribution < 1.29 is 17.9 Å². The van der Waals surface area contributed by atoms with Crippen LogP contribution in [0.2, 0.25) is 5.02 Å². The number of hydrogen-bond donors (Lipinski definition) is 1. The molecule has 0 aromatic heterocycles. The lowest BCUT2D eigenvalue weighted by molar-refractivity contribution is -0.274. The molecule has 0 amide bonds. The molecule has 21 heavy (non-hydrogen) atoms. The van der Waals surface area contributed by atoms with Crippen LogP contribution in [0.5, 0.6) is 5.75 Å². The molecule has 0 aliphatic carbocycles. The molecule has 2 nitrogen and oxygen atoms in total. The van der Waals surface area contributed by atoms with Crippen LogP contribution in [0, 0.1) is 0 Å². The Hall–Kier alpha value is -1.24. The minimum atomic E-state index is -4.71. The van der Waals surface area contributed by atoms with Crippen LogP contribution in [-0.2, 0) is 0 Å². The molecule has 0 radical (unpaired) electrons. The van der Waals surface area contributed by atoms with Gasteiger partial charge in [0.15, 0.2) is 0 Å². The van der Waals surface area contributed by atoms with Gasteiger partial charge in [-0.3, -0.25) is 0 Å². The van der Waals surface area contributed by atoms with Gasteiger partial charge in [0.1, 0.15) is 5.75 Å². The predicted octanol–water partition coefficient (Wildman–Crippen LogP) is 5.05. The predicted molar refractivity (Wildman–Crippen MR) is 78.3 cm³/mol. The van der Waals surface area contributed by atoms with Gasteiger partial charge >= 0.3 is 6.36 Å². The molecule has 0 spiro atoms. The number of ether oxygens (including phenoxy) is 1. The lowest BCUT2D eigenvalue weighted by atomic mass is 10.00. The molecule has 0 bridgehead atoms. The van der Waals surface area contributed by atoms with E-state index in [1.54, 1.807) is 18.2 Å². The fourth-order valence-electron chi connectivity index (χ4n) is 1.81. The quantitative estimate of drug-likeness (QED) is 0.809. The molecule has 0 aliphatic heterocycles. The summed E-state index contributed by atoms with van der Waals surface area (Å²) in [6.07, 6.45) is -4.71. The molecule has 2 rings (SSSR count). The number of benzene rings is 2. The van der Waals surface area contributed by atoms with Gasteiger partial charge in [-0.25, -0.2) is 0 Å². The van der Waals surface area contributed by atoms with Crippen molar-refractivity contribution in [3.63, 3.8) is 0 Å². The normalized spacial score (nSPS) is 13.0. The van der Waals surface area contributed by atoms with Crippen LogP contribution in [0.4, 0.5) is 13.2 Å². The van der Waals surface area contributed by atoms with Crippen molar-refractivity contribution in [3.8, 4) is 5.75 Å². The zero-order valence-corrected chi connectivity index (χ0v) is 12.8. The first-order valence-electron chi connectivity index (χ1n) is 5.82. The summed E-state index contributed by atoms with van der Waals surface area (Å²) in [6.45, 7) is 0. The Morgan fingerprint density at radius 1 is 1.10 bits per heavy atom. The standard InChI is InChI=1S/C14H10BrClF3NO/c15-12-6-3-9(16)7-11(12)13(20)8-1-4-10(5-2-8)21-14(17,18)19/h1-7,13H,20H2/t13-/m1/s1. The van der Waals surface area contributed by atoms with Gasteiger partial charge in [0, 0.05) is 9.50 Å². The van der Waals surface area contributed by atoms with Gasteiger partial charge in [-0.15, -0.1) is 13.2 Å². The summed E-state index contributed by atoms with van der Waals surface area (Å²) < 4.78 is 40.9. The topological polar surface area (TPSA) is 35.2 Å². The van der Waals surface area contributed by atoms with Gasteiger partial charge in [0.25, 0.3) is 0 Å². The summed E-state index contributed by atoms with van der Waals surface area (Å²) in [5.74, 6) is -0.288. The fourth-order valence-corrected chi connectivity index (χ4v) is 2.48. The Bertz CT molecular complexity index is 631. The monoisotopic (exact) mass is 379 g/mol. The van der Waals surface area contributed by atoms with Crippen LogP contribution in [0.15, 0.2) is 46.9 Å². The Morgan fingerprint density at radius 2 is 1.71 bits per heavy atom. The summed E-state index contributed by atoms with van der Waals surface area (Å²) in [4.78, 5) is 0. The second-order valence-electron chi connectivity index (χ2n) is 4.26. The zero-order chi connectivity index (χ0) is 15.6. The highest BCUT2D eigenvalue weighted by Crippen LogP contribution is 2.31. The molecule has 2 N–H and O–H groups in total. The van der Waals surface area contributed by atoms with E-state index in [1.165, 1.54) is 24.3 Å². The first-order valence-corrected chi connectivity index (χ1v) is 6.99. The highest BCUT2D eigenvalue weighted by molar-refractivity contribution is 9.10. The number of halogens is 5. The van der Waals surface area contributed by atoms with Crippen molar-refractivity contribution in [1.29, 1.82) is 0 Å². The summed E-state index contributed by atoms with van der Waals surface area (Å²) in [6, 6.07) is 10.1. The summed E-state index contributed by atoms with van der Waals surface area (Å²) in [5, 5.41) is 0.528. The SMILES string of the molecule is N[C@H](c1ccc(OC(F)(F)F)cc1)c1cc(Cl)ccc1Br. The average molecular weight is 381 g/mol. The van der Waals surface area contributed by atoms with Gasteiger partial charge < -0.3 is 10.5 Å². The van der Waals surface area contributed by atoms with E-state index in [2.05, 4.69) is 20.7 Å². The van der Waals surface area contributed by atoms with Crippen molar-refractivity contribution in [2.24, 2.45) is 5.73 Å². The number of nitrogens with two attached hydrogens (primary N) is 1. The van der Waals surface area contributed by atoms with E-state index < -0.39 is 12.4 Å². The lowest BCUT2D eigenvalue weighted by Gasteiger charge is -2.16. The molecule has 7 heteroatoms. The van der Waals surface area contributed by atoms with Crippen molar-refractivity contribution in [3.05, 3.63) is 63.1 Å². The Morgan fingerprint density at radius 3 is 2.29 bits per heavy atom. The van der Waals surface area contributed by atoms with Crippen molar-refractivity contribution in [1.82, 2.24) is 0 Å². The van der Waals surface area contributed by atoms with E-state index in [0.717, 1.165) is 10.0 Å². The minimum Gasteiger partial charge on any atom is -0.406 e. The van der Waals surface area contributed by atoms with Gasteiger partial charge in [-0.05, 0) is 41.5 Å². The van der Waals surface area contributed by atoms with E-state index in [-0.39, 0.29) is 5.75 Å². The molecule has 112 valence electrons. The highest BCUT2D eigenvalue weighted by atomic mass is 79.9. The van der Waals surface area contributed by atoms with Gasteiger partial charge in [0.05, 0.1) is 6.04 Å². The maximum absolute atomic E-state index is 12.1. The number of rotatable bonds is 3. The summed E-state index contributed by atoms with van der Waals surface area (Å²) in [5.41, 5.74) is 7.50. The average Bonchev–Trinajstić information content (AvgIpc) is 2.40. The first kappa shape index (κ1) is 16.1. The number of hydrogen-bond acceptors (Lipinski definition) is 2. The third-order valence-electron chi connectivity index (χ3n) is 2.77. The summed E-state index contributed by atoms with van der Waals surface area (Å²) in [7, 11) is 0. The molecule has 0 saturated carbocycles. The molecular formula is C14H10BrClF3NO. The Kier molecular flexibility index (Phi) is 4.81. The van der Waals surface area contributed by atoms with Crippen molar-refractivity contribution >= 4 is 27.5 Å².